The SMILES string of the molecule is CCn1c(SCC(=O)Nc2ccccc2)nnc1C(CCSC)NC(=O)c1ccc(OC)cc1. The number of para-hydroxylation sites is 1. The number of hydrogen-bond donors (Lipinski definition) is 2. The van der Waals surface area contributed by atoms with Gasteiger partial charge in [0, 0.05) is 17.8 Å². The average Bonchev–Trinajstić information content (AvgIpc) is 3.28. The molecule has 34 heavy (non-hydrogen) atoms. The molecule has 10 heteroatoms. The molecule has 3 rings (SSSR count). The van der Waals surface area contributed by atoms with Crippen LogP contribution >= 0.6 is 23.5 Å². The van der Waals surface area contributed by atoms with Crippen molar-refractivity contribution in [3.63, 3.8) is 0 Å². The van der Waals surface area contributed by atoms with Crippen molar-refractivity contribution < 1.29 is 14.3 Å². The maximum Gasteiger partial charge on any atom is 0.251 e. The number of carbonyl (C=O) groups is 2. The highest BCUT2D eigenvalue weighted by atomic mass is 32.2. The first kappa shape index (κ1) is 25.6. The van der Waals surface area contributed by atoms with E-state index in [9.17, 15) is 9.59 Å². The molecule has 0 aliphatic heterocycles. The van der Waals surface area contributed by atoms with Crippen LogP contribution in [0.2, 0.25) is 0 Å². The van der Waals surface area contributed by atoms with Gasteiger partial charge in [0.05, 0.1) is 18.9 Å². The number of methoxy groups -OCH3 is 1. The molecule has 2 N–H and O–H groups in total. The molecule has 0 aliphatic rings. The van der Waals surface area contributed by atoms with Crippen LogP contribution in [-0.2, 0) is 11.3 Å². The van der Waals surface area contributed by atoms with Crippen LogP contribution in [0.3, 0.4) is 0 Å². The molecule has 0 radical (unpaired) electrons. The van der Waals surface area contributed by atoms with Gasteiger partial charge in [-0.1, -0.05) is 30.0 Å². The Morgan fingerprint density at radius 2 is 1.82 bits per heavy atom. The van der Waals surface area contributed by atoms with E-state index in [0.717, 1.165) is 11.4 Å². The zero-order valence-corrected chi connectivity index (χ0v) is 21.1. The summed E-state index contributed by atoms with van der Waals surface area (Å²) in [5, 5.41) is 15.3. The maximum absolute atomic E-state index is 12.9. The topological polar surface area (TPSA) is 98.1 Å². The summed E-state index contributed by atoms with van der Waals surface area (Å²) in [6.07, 6.45) is 2.74. The maximum atomic E-state index is 12.9. The summed E-state index contributed by atoms with van der Waals surface area (Å²) in [5.74, 6) is 2.14. The number of anilines is 1. The molecule has 1 unspecified atom stereocenters. The fourth-order valence-corrected chi connectivity index (χ4v) is 4.58. The van der Waals surface area contributed by atoms with E-state index in [2.05, 4.69) is 20.8 Å². The lowest BCUT2D eigenvalue weighted by Gasteiger charge is -2.19. The van der Waals surface area contributed by atoms with Gasteiger partial charge in [-0.3, -0.25) is 9.59 Å². The monoisotopic (exact) mass is 499 g/mol. The Kier molecular flexibility index (Phi) is 9.84. The Bertz CT molecular complexity index is 1070. The third-order valence-corrected chi connectivity index (χ3v) is 6.64. The van der Waals surface area contributed by atoms with Gasteiger partial charge in [0.2, 0.25) is 5.91 Å². The summed E-state index contributed by atoms with van der Waals surface area (Å²) < 4.78 is 7.13. The van der Waals surface area contributed by atoms with Gasteiger partial charge in [0.1, 0.15) is 5.75 Å². The Labute approximate surface area is 208 Å². The first-order valence-corrected chi connectivity index (χ1v) is 13.3. The zero-order valence-electron chi connectivity index (χ0n) is 19.5. The van der Waals surface area contributed by atoms with Crippen molar-refractivity contribution in [3.8, 4) is 5.75 Å². The van der Waals surface area contributed by atoms with Gasteiger partial charge in [-0.05, 0) is 61.8 Å². The Hall–Kier alpha value is -2.98. The van der Waals surface area contributed by atoms with Crippen LogP contribution in [0.4, 0.5) is 5.69 Å². The Balaban J connectivity index is 1.70. The summed E-state index contributed by atoms with van der Waals surface area (Å²) in [5.41, 5.74) is 1.30. The summed E-state index contributed by atoms with van der Waals surface area (Å²) >= 11 is 3.03. The molecule has 2 aromatic carbocycles. The van der Waals surface area contributed by atoms with Crippen LogP contribution in [0, 0.1) is 0 Å². The fraction of sp³-hybridized carbons (Fsp3) is 0.333. The number of ether oxygens (including phenoxy) is 1. The van der Waals surface area contributed by atoms with E-state index in [4.69, 9.17) is 4.74 Å². The minimum Gasteiger partial charge on any atom is -0.497 e. The highest BCUT2D eigenvalue weighted by Crippen LogP contribution is 2.24. The molecular formula is C24H29N5O3S2. The summed E-state index contributed by atoms with van der Waals surface area (Å²) in [6, 6.07) is 16.0. The molecule has 0 aliphatic carbocycles. The van der Waals surface area contributed by atoms with E-state index in [-0.39, 0.29) is 23.6 Å². The largest absolute Gasteiger partial charge is 0.497 e. The van der Waals surface area contributed by atoms with Crippen molar-refractivity contribution in [2.75, 3.05) is 30.2 Å². The third kappa shape index (κ3) is 7.01. The lowest BCUT2D eigenvalue weighted by Crippen LogP contribution is -2.31. The van der Waals surface area contributed by atoms with Gasteiger partial charge >= 0.3 is 0 Å². The van der Waals surface area contributed by atoms with Crippen molar-refractivity contribution in [2.24, 2.45) is 0 Å². The van der Waals surface area contributed by atoms with Crippen molar-refractivity contribution >= 4 is 41.0 Å². The molecule has 0 fully saturated rings. The minimum absolute atomic E-state index is 0.116. The molecule has 0 spiro atoms. The molecule has 180 valence electrons. The van der Waals surface area contributed by atoms with Crippen LogP contribution in [0.1, 0.15) is 35.6 Å². The smallest absolute Gasteiger partial charge is 0.251 e. The minimum atomic E-state index is -0.304. The summed E-state index contributed by atoms with van der Waals surface area (Å²) in [4.78, 5) is 25.3. The highest BCUT2D eigenvalue weighted by molar-refractivity contribution is 7.99. The van der Waals surface area contributed by atoms with Gasteiger partial charge < -0.3 is 19.9 Å². The zero-order chi connectivity index (χ0) is 24.3. The molecule has 0 bridgehead atoms. The molecule has 8 nitrogen and oxygen atoms in total. The molecule has 1 aromatic heterocycles. The second-order valence-electron chi connectivity index (χ2n) is 7.32. The molecule has 0 saturated carbocycles. The second-order valence-corrected chi connectivity index (χ2v) is 9.25. The number of carbonyl (C=O) groups excluding carboxylic acids is 2. The van der Waals surface area contributed by atoms with Gasteiger partial charge in [0.25, 0.3) is 5.91 Å². The second kappa shape index (κ2) is 13.0. The third-order valence-electron chi connectivity index (χ3n) is 5.03. The Morgan fingerprint density at radius 1 is 1.09 bits per heavy atom. The van der Waals surface area contributed by atoms with E-state index in [1.807, 2.05) is 48.1 Å². The molecular weight excluding hydrogens is 470 g/mol. The number of thioether (sulfide) groups is 2. The fourth-order valence-electron chi connectivity index (χ4n) is 3.30. The van der Waals surface area contributed by atoms with Crippen molar-refractivity contribution in [2.45, 2.75) is 31.1 Å². The predicted molar refractivity (Wildman–Crippen MR) is 138 cm³/mol. The summed E-state index contributed by atoms with van der Waals surface area (Å²) in [7, 11) is 1.59. The number of nitrogens with one attached hydrogen (secondary N) is 2. The van der Waals surface area contributed by atoms with E-state index < -0.39 is 0 Å². The molecule has 3 aromatic rings. The standard InChI is InChI=1S/C24H29N5O3S2/c1-4-29-22(27-28-24(29)34-16-21(30)25-18-8-6-5-7-9-18)20(14-15-33-3)26-23(31)17-10-12-19(32-2)13-11-17/h5-13,20H,4,14-16H2,1-3H3,(H,25,30)(H,26,31). The number of aromatic nitrogens is 3. The lowest BCUT2D eigenvalue weighted by molar-refractivity contribution is -0.113. The number of hydrogen-bond acceptors (Lipinski definition) is 7. The van der Waals surface area contributed by atoms with Crippen LogP contribution in [0.25, 0.3) is 0 Å². The van der Waals surface area contributed by atoms with Gasteiger partial charge in [-0.25, -0.2) is 0 Å². The number of rotatable bonds is 12. The molecule has 1 atom stereocenters. The molecule has 0 saturated heterocycles. The van der Waals surface area contributed by atoms with E-state index in [0.29, 0.717) is 35.3 Å². The number of nitrogens with zero attached hydrogens (tertiary/aromatic N) is 3. The van der Waals surface area contributed by atoms with Crippen molar-refractivity contribution in [1.82, 2.24) is 20.1 Å². The van der Waals surface area contributed by atoms with Crippen LogP contribution < -0.4 is 15.4 Å². The van der Waals surface area contributed by atoms with Crippen molar-refractivity contribution in [3.05, 3.63) is 66.0 Å². The number of benzene rings is 2. The molecule has 2 amide bonds. The van der Waals surface area contributed by atoms with E-state index in [1.54, 1.807) is 43.1 Å². The number of amides is 2. The highest BCUT2D eigenvalue weighted by Gasteiger charge is 2.23. The average molecular weight is 500 g/mol. The first-order chi connectivity index (χ1) is 16.5. The summed E-state index contributed by atoms with van der Waals surface area (Å²) in [6.45, 7) is 2.62. The van der Waals surface area contributed by atoms with Crippen molar-refractivity contribution in [1.29, 1.82) is 0 Å². The lowest BCUT2D eigenvalue weighted by atomic mass is 10.1. The van der Waals surface area contributed by atoms with E-state index >= 15 is 0 Å². The van der Waals surface area contributed by atoms with Gasteiger partial charge in [-0.2, -0.15) is 11.8 Å². The van der Waals surface area contributed by atoms with Crippen LogP contribution in [-0.4, -0.2) is 51.5 Å². The Morgan fingerprint density at radius 3 is 2.47 bits per heavy atom. The predicted octanol–water partition coefficient (Wildman–Crippen LogP) is 4.26. The quantitative estimate of drug-likeness (QED) is 0.359. The van der Waals surface area contributed by atoms with Crippen LogP contribution in [0.15, 0.2) is 59.8 Å². The first-order valence-electron chi connectivity index (χ1n) is 10.9. The van der Waals surface area contributed by atoms with Gasteiger partial charge in [0.15, 0.2) is 11.0 Å². The van der Waals surface area contributed by atoms with E-state index in [1.165, 1.54) is 11.8 Å². The van der Waals surface area contributed by atoms with Gasteiger partial charge in [-0.15, -0.1) is 10.2 Å². The molecule has 1 heterocycles. The normalized spacial score (nSPS) is 11.6. The van der Waals surface area contributed by atoms with Crippen LogP contribution in [0.5, 0.6) is 5.75 Å².